The molecule has 2 unspecified atom stereocenters. The molecule has 0 bridgehead atoms. The molecule has 6 nitrogen and oxygen atoms in total. The van der Waals surface area contributed by atoms with Crippen LogP contribution in [-0.4, -0.2) is 32.5 Å². The number of aromatic amines is 1. The molecule has 0 radical (unpaired) electrons. The number of rotatable bonds is 7. The van der Waals surface area contributed by atoms with Crippen LogP contribution < -0.4 is 0 Å². The van der Waals surface area contributed by atoms with Gasteiger partial charge in [-0.2, -0.15) is 5.21 Å². The highest BCUT2D eigenvalue weighted by molar-refractivity contribution is 6.31. The van der Waals surface area contributed by atoms with Crippen LogP contribution >= 0.6 is 11.6 Å². The summed E-state index contributed by atoms with van der Waals surface area (Å²) in [7, 11) is 0. The third-order valence-corrected chi connectivity index (χ3v) is 4.79. The van der Waals surface area contributed by atoms with Crippen molar-refractivity contribution in [3.05, 3.63) is 40.2 Å². The highest BCUT2D eigenvalue weighted by Crippen LogP contribution is 2.48. The van der Waals surface area contributed by atoms with Crippen molar-refractivity contribution >= 4 is 17.4 Å². The molecule has 2 fully saturated rings. The fourth-order valence-corrected chi connectivity index (χ4v) is 2.99. The average molecular weight is 333 g/mol. The molecule has 1 heterocycles. The van der Waals surface area contributed by atoms with Crippen LogP contribution in [0.25, 0.3) is 0 Å². The largest absolute Gasteiger partial charge is 0.373 e. The van der Waals surface area contributed by atoms with Crippen LogP contribution in [0.15, 0.2) is 18.2 Å². The van der Waals surface area contributed by atoms with E-state index in [1.54, 1.807) is 6.07 Å². The van der Waals surface area contributed by atoms with Gasteiger partial charge in [-0.05, 0) is 36.8 Å². The maximum atomic E-state index is 12.4. The number of Topliss-reactive ketones (excluding diaryl/α,β-unsaturated/α-hetero) is 1. The molecule has 1 aromatic heterocycles. The smallest absolute Gasteiger partial charge is 0.177 e. The van der Waals surface area contributed by atoms with E-state index in [4.69, 9.17) is 16.3 Å². The Labute approximate surface area is 138 Å². The molecular weight excluding hydrogens is 316 g/mol. The minimum atomic E-state index is 0.109. The van der Waals surface area contributed by atoms with Crippen molar-refractivity contribution in [2.45, 2.75) is 44.3 Å². The number of benzene rings is 1. The fourth-order valence-electron chi connectivity index (χ4n) is 2.75. The molecule has 2 aromatic rings. The fraction of sp³-hybridized carbons (Fsp3) is 0.500. The van der Waals surface area contributed by atoms with Crippen LogP contribution in [0.1, 0.15) is 53.3 Å². The summed E-state index contributed by atoms with van der Waals surface area (Å²) in [5, 5.41) is 14.6. The monoisotopic (exact) mass is 332 g/mol. The summed E-state index contributed by atoms with van der Waals surface area (Å²) in [4.78, 5) is 12.4. The van der Waals surface area contributed by atoms with Crippen LogP contribution in [0, 0.1) is 5.92 Å². The number of ether oxygens (including phenoxy) is 1. The number of tetrazole rings is 1. The number of nitrogens with zero attached hydrogens (tertiary/aromatic N) is 3. The summed E-state index contributed by atoms with van der Waals surface area (Å²) in [5.41, 5.74) is 1.59. The molecule has 7 heteroatoms. The summed E-state index contributed by atoms with van der Waals surface area (Å²) in [6, 6.07) is 5.48. The van der Waals surface area contributed by atoms with Gasteiger partial charge in [-0.25, -0.2) is 0 Å². The van der Waals surface area contributed by atoms with Crippen molar-refractivity contribution in [3.63, 3.8) is 0 Å². The number of carbonyl (C=O) groups excluding carboxylic acids is 1. The number of hydrogen-bond acceptors (Lipinski definition) is 5. The molecule has 1 N–H and O–H groups in total. The standard InChI is InChI=1S/C16H17ClN4O2/c17-14-6-9(1-2-10(14)8-23-12-3-4-12)15(22)7-11-5-13(11)16-18-20-21-19-16/h1-2,6,11-13H,3-5,7-8H2,(H,18,19,20,21). The van der Waals surface area contributed by atoms with Gasteiger partial charge in [-0.3, -0.25) is 4.79 Å². The van der Waals surface area contributed by atoms with Gasteiger partial charge in [-0.15, -0.1) is 10.2 Å². The van der Waals surface area contributed by atoms with Crippen molar-refractivity contribution in [1.29, 1.82) is 0 Å². The highest BCUT2D eigenvalue weighted by Gasteiger charge is 2.42. The van der Waals surface area contributed by atoms with E-state index in [0.29, 0.717) is 41.5 Å². The molecule has 0 amide bonds. The zero-order chi connectivity index (χ0) is 15.8. The first-order chi connectivity index (χ1) is 11.2. The normalized spacial score (nSPS) is 23.0. The van der Waals surface area contributed by atoms with E-state index < -0.39 is 0 Å². The second-order valence-electron chi connectivity index (χ2n) is 6.32. The lowest BCUT2D eigenvalue weighted by Gasteiger charge is -2.07. The maximum Gasteiger partial charge on any atom is 0.177 e. The Balaban J connectivity index is 1.35. The van der Waals surface area contributed by atoms with Gasteiger partial charge < -0.3 is 4.74 Å². The summed E-state index contributed by atoms with van der Waals surface area (Å²) in [6.45, 7) is 0.514. The van der Waals surface area contributed by atoms with Crippen LogP contribution in [0.4, 0.5) is 0 Å². The molecule has 120 valence electrons. The minimum Gasteiger partial charge on any atom is -0.373 e. The molecule has 4 rings (SSSR count). The summed E-state index contributed by atoms with van der Waals surface area (Å²) in [5.74, 6) is 1.36. The van der Waals surface area contributed by atoms with Gasteiger partial charge in [-0.1, -0.05) is 28.9 Å². The van der Waals surface area contributed by atoms with Crippen molar-refractivity contribution in [2.75, 3.05) is 0 Å². The van der Waals surface area contributed by atoms with E-state index in [2.05, 4.69) is 20.6 Å². The first-order valence-electron chi connectivity index (χ1n) is 7.87. The van der Waals surface area contributed by atoms with Gasteiger partial charge in [0, 0.05) is 22.9 Å². The Bertz CT molecular complexity index is 715. The van der Waals surface area contributed by atoms with E-state index in [9.17, 15) is 4.79 Å². The molecule has 2 aliphatic rings. The van der Waals surface area contributed by atoms with Crippen molar-refractivity contribution in [3.8, 4) is 0 Å². The number of hydrogen-bond donors (Lipinski definition) is 1. The van der Waals surface area contributed by atoms with Crippen molar-refractivity contribution in [1.82, 2.24) is 20.6 Å². The minimum absolute atomic E-state index is 0.109. The van der Waals surface area contributed by atoms with E-state index in [0.717, 1.165) is 24.8 Å². The number of ketones is 1. The molecule has 2 atom stereocenters. The Morgan fingerprint density at radius 1 is 1.39 bits per heavy atom. The third-order valence-electron chi connectivity index (χ3n) is 4.44. The Hall–Kier alpha value is -1.79. The maximum absolute atomic E-state index is 12.4. The number of carbonyl (C=O) groups is 1. The molecule has 2 saturated carbocycles. The van der Waals surface area contributed by atoms with Gasteiger partial charge in [0.25, 0.3) is 0 Å². The van der Waals surface area contributed by atoms with Gasteiger partial charge in [0.05, 0.1) is 12.7 Å². The molecule has 0 saturated heterocycles. The lowest BCUT2D eigenvalue weighted by atomic mass is 10.0. The van der Waals surface area contributed by atoms with Crippen LogP contribution in [0.2, 0.25) is 5.02 Å². The van der Waals surface area contributed by atoms with Gasteiger partial charge in [0.15, 0.2) is 11.6 Å². The van der Waals surface area contributed by atoms with Crippen LogP contribution in [-0.2, 0) is 11.3 Å². The van der Waals surface area contributed by atoms with E-state index in [1.165, 1.54) is 0 Å². The quantitative estimate of drug-likeness (QED) is 0.788. The zero-order valence-electron chi connectivity index (χ0n) is 12.5. The number of nitrogens with one attached hydrogen (secondary N) is 1. The second kappa shape index (κ2) is 6.02. The third kappa shape index (κ3) is 3.43. The van der Waals surface area contributed by atoms with Gasteiger partial charge in [0.2, 0.25) is 0 Å². The Morgan fingerprint density at radius 2 is 2.26 bits per heavy atom. The van der Waals surface area contributed by atoms with E-state index >= 15 is 0 Å². The molecular formula is C16H17ClN4O2. The van der Waals surface area contributed by atoms with Crippen LogP contribution in [0.5, 0.6) is 0 Å². The molecule has 2 aliphatic carbocycles. The SMILES string of the molecule is O=C(CC1CC1c1nn[nH]n1)c1ccc(COC2CC2)c(Cl)c1. The van der Waals surface area contributed by atoms with Crippen molar-refractivity contribution < 1.29 is 9.53 Å². The van der Waals surface area contributed by atoms with Gasteiger partial charge in [0.1, 0.15) is 0 Å². The lowest BCUT2D eigenvalue weighted by molar-refractivity contribution is 0.0973. The predicted octanol–water partition coefficient (Wildman–Crippen LogP) is 2.91. The molecule has 1 aromatic carbocycles. The van der Waals surface area contributed by atoms with Crippen molar-refractivity contribution in [2.24, 2.45) is 5.92 Å². The number of halogens is 1. The highest BCUT2D eigenvalue weighted by atomic mass is 35.5. The molecule has 0 spiro atoms. The first kappa shape index (κ1) is 14.8. The summed E-state index contributed by atoms with van der Waals surface area (Å²) >= 11 is 6.27. The first-order valence-corrected chi connectivity index (χ1v) is 8.25. The van der Waals surface area contributed by atoms with Gasteiger partial charge >= 0.3 is 0 Å². The second-order valence-corrected chi connectivity index (χ2v) is 6.72. The van der Waals surface area contributed by atoms with E-state index in [-0.39, 0.29) is 11.7 Å². The Kier molecular flexibility index (Phi) is 3.87. The molecule has 0 aliphatic heterocycles. The average Bonchev–Trinajstić information content (AvgIpc) is 3.46. The number of aromatic nitrogens is 4. The molecule has 23 heavy (non-hydrogen) atoms. The predicted molar refractivity (Wildman–Crippen MR) is 83.2 cm³/mol. The lowest BCUT2D eigenvalue weighted by Crippen LogP contribution is -2.03. The zero-order valence-corrected chi connectivity index (χ0v) is 13.3. The summed E-state index contributed by atoms with van der Waals surface area (Å²) < 4.78 is 5.66. The Morgan fingerprint density at radius 3 is 2.96 bits per heavy atom. The topological polar surface area (TPSA) is 80.8 Å². The number of H-pyrrole nitrogens is 1. The van der Waals surface area contributed by atoms with E-state index in [1.807, 2.05) is 12.1 Å². The summed E-state index contributed by atoms with van der Waals surface area (Å²) in [6.07, 6.45) is 4.10. The van der Waals surface area contributed by atoms with Crippen LogP contribution in [0.3, 0.4) is 0 Å².